The number of aromatic nitrogens is 1. The molecule has 142 valence electrons. The summed E-state index contributed by atoms with van der Waals surface area (Å²) < 4.78 is 14.7. The Morgan fingerprint density at radius 1 is 1.11 bits per heavy atom. The number of hydrogen-bond donors (Lipinski definition) is 0. The fourth-order valence-corrected chi connectivity index (χ4v) is 3.92. The van der Waals surface area contributed by atoms with Crippen LogP contribution >= 0.6 is 0 Å². The molecule has 1 atom stereocenters. The van der Waals surface area contributed by atoms with Gasteiger partial charge in [-0.05, 0) is 42.6 Å². The zero-order chi connectivity index (χ0) is 19.3. The molecule has 28 heavy (non-hydrogen) atoms. The fourth-order valence-electron chi connectivity index (χ4n) is 3.92. The molecule has 1 aliphatic heterocycles. The number of carbonyl (C=O) groups excluding carboxylic acids is 1. The molecule has 0 unspecified atom stereocenters. The molecule has 1 aliphatic rings. The van der Waals surface area contributed by atoms with Gasteiger partial charge in [0, 0.05) is 42.5 Å². The Labute approximate surface area is 164 Å². The number of ketones is 1. The maximum atomic E-state index is 14.7. The van der Waals surface area contributed by atoms with Gasteiger partial charge in [0.05, 0.1) is 0 Å². The van der Waals surface area contributed by atoms with Crippen molar-refractivity contribution in [1.82, 2.24) is 9.88 Å². The van der Waals surface area contributed by atoms with Crippen molar-refractivity contribution in [2.45, 2.75) is 19.4 Å². The van der Waals surface area contributed by atoms with E-state index < -0.39 is 0 Å². The number of likely N-dealkylation sites (tertiary alicyclic amines) is 1. The van der Waals surface area contributed by atoms with Gasteiger partial charge >= 0.3 is 0 Å². The van der Waals surface area contributed by atoms with Gasteiger partial charge in [-0.1, -0.05) is 48.5 Å². The Bertz CT molecular complexity index is 943. The minimum atomic E-state index is -0.347. The molecule has 2 aromatic carbocycles. The van der Waals surface area contributed by atoms with E-state index in [1.165, 1.54) is 6.07 Å². The van der Waals surface area contributed by atoms with Crippen molar-refractivity contribution in [2.75, 3.05) is 13.1 Å². The van der Waals surface area contributed by atoms with Gasteiger partial charge in [-0.15, -0.1) is 0 Å². The van der Waals surface area contributed by atoms with Gasteiger partial charge in [0.1, 0.15) is 5.82 Å². The molecule has 0 bridgehead atoms. The second-order valence-corrected chi connectivity index (χ2v) is 7.36. The first-order valence-electron chi connectivity index (χ1n) is 9.71. The lowest BCUT2D eigenvalue weighted by molar-refractivity contribution is 0.0811. The third-order valence-corrected chi connectivity index (χ3v) is 5.34. The molecule has 4 heteroatoms. The Balaban J connectivity index is 1.47. The highest BCUT2D eigenvalue weighted by molar-refractivity contribution is 5.98. The first-order chi connectivity index (χ1) is 13.7. The van der Waals surface area contributed by atoms with E-state index in [0.29, 0.717) is 17.7 Å². The Morgan fingerprint density at radius 2 is 1.96 bits per heavy atom. The number of benzene rings is 2. The van der Waals surface area contributed by atoms with Crippen LogP contribution in [-0.2, 0) is 6.54 Å². The predicted molar refractivity (Wildman–Crippen MR) is 108 cm³/mol. The Morgan fingerprint density at radius 3 is 2.71 bits per heavy atom. The summed E-state index contributed by atoms with van der Waals surface area (Å²) in [4.78, 5) is 19.4. The van der Waals surface area contributed by atoms with Gasteiger partial charge in [-0.2, -0.15) is 0 Å². The summed E-state index contributed by atoms with van der Waals surface area (Å²) in [6.07, 6.45) is 5.45. The monoisotopic (exact) mass is 374 g/mol. The molecule has 0 radical (unpaired) electrons. The highest BCUT2D eigenvalue weighted by Gasteiger charge is 2.27. The number of hydrogen-bond acceptors (Lipinski definition) is 3. The molecule has 3 nitrogen and oxygen atoms in total. The van der Waals surface area contributed by atoms with Gasteiger partial charge < -0.3 is 0 Å². The summed E-state index contributed by atoms with van der Waals surface area (Å²) >= 11 is 0. The van der Waals surface area contributed by atoms with Crippen LogP contribution in [0, 0.1) is 11.7 Å². The Hall–Kier alpha value is -2.85. The zero-order valence-electron chi connectivity index (χ0n) is 15.7. The minimum absolute atomic E-state index is 0.0365. The molecule has 0 amide bonds. The molecule has 1 aromatic heterocycles. The molecule has 1 fully saturated rings. The molecule has 0 saturated carbocycles. The second kappa shape index (κ2) is 8.44. The fraction of sp³-hybridized carbons (Fsp3) is 0.250. The van der Waals surface area contributed by atoms with Crippen molar-refractivity contribution in [1.29, 1.82) is 0 Å². The summed E-state index contributed by atoms with van der Waals surface area (Å²) in [6, 6.07) is 18.3. The summed E-state index contributed by atoms with van der Waals surface area (Å²) in [7, 11) is 0. The summed E-state index contributed by atoms with van der Waals surface area (Å²) in [5.74, 6) is -0.401. The number of piperidine rings is 1. The van der Waals surface area contributed by atoms with E-state index in [1.54, 1.807) is 18.3 Å². The summed E-state index contributed by atoms with van der Waals surface area (Å²) in [6.45, 7) is 2.47. The largest absolute Gasteiger partial charge is 0.298 e. The lowest BCUT2D eigenvalue weighted by Crippen LogP contribution is -2.38. The van der Waals surface area contributed by atoms with Crippen LogP contribution in [0.4, 0.5) is 4.39 Å². The zero-order valence-corrected chi connectivity index (χ0v) is 15.7. The molecule has 4 rings (SSSR count). The third kappa shape index (κ3) is 4.18. The maximum Gasteiger partial charge on any atom is 0.167 e. The Kier molecular flexibility index (Phi) is 5.58. The van der Waals surface area contributed by atoms with Crippen LogP contribution in [0.5, 0.6) is 0 Å². The van der Waals surface area contributed by atoms with Crippen LogP contribution in [0.2, 0.25) is 0 Å². The average Bonchev–Trinajstić information content (AvgIpc) is 2.75. The molecule has 2 heterocycles. The van der Waals surface area contributed by atoms with E-state index in [-0.39, 0.29) is 17.5 Å². The van der Waals surface area contributed by atoms with Gasteiger partial charge in [0.25, 0.3) is 0 Å². The third-order valence-electron chi connectivity index (χ3n) is 5.34. The average molecular weight is 374 g/mol. The van der Waals surface area contributed by atoms with E-state index in [0.717, 1.165) is 37.1 Å². The van der Waals surface area contributed by atoms with E-state index in [2.05, 4.69) is 16.0 Å². The lowest BCUT2D eigenvalue weighted by atomic mass is 9.89. The van der Waals surface area contributed by atoms with Gasteiger partial charge in [0.2, 0.25) is 0 Å². The first-order valence-corrected chi connectivity index (χ1v) is 9.71. The topological polar surface area (TPSA) is 33.2 Å². The smallest absolute Gasteiger partial charge is 0.167 e. The summed E-state index contributed by atoms with van der Waals surface area (Å²) in [5, 5.41) is 0. The van der Waals surface area contributed by atoms with Gasteiger partial charge in [0.15, 0.2) is 5.78 Å². The molecular weight excluding hydrogens is 351 g/mol. The molecule has 0 N–H and O–H groups in total. The molecule has 3 aromatic rings. The predicted octanol–water partition coefficient (Wildman–Crippen LogP) is 4.98. The standard InChI is InChI=1S/C24H23FN2O/c25-23-14-20(10-11-22(23)19-7-2-1-3-8-19)24(28)21-9-5-13-27(17-21)16-18-6-4-12-26-15-18/h1-4,6-8,10-12,14-15,21H,5,9,13,16-17H2/t21-/m0/s1. The van der Waals surface area contributed by atoms with Gasteiger partial charge in [-0.3, -0.25) is 14.7 Å². The van der Waals surface area contributed by atoms with E-state index in [4.69, 9.17) is 0 Å². The number of rotatable bonds is 5. The highest BCUT2D eigenvalue weighted by Crippen LogP contribution is 2.27. The quantitative estimate of drug-likeness (QED) is 0.591. The SMILES string of the molecule is O=C(c1ccc(-c2ccccc2)c(F)c1)[C@H]1CCCN(Cc2cccnc2)C1. The van der Waals surface area contributed by atoms with Crippen molar-refractivity contribution in [3.8, 4) is 11.1 Å². The van der Waals surface area contributed by atoms with Crippen LogP contribution < -0.4 is 0 Å². The number of nitrogens with zero attached hydrogens (tertiary/aromatic N) is 2. The minimum Gasteiger partial charge on any atom is -0.298 e. The van der Waals surface area contributed by atoms with Crippen molar-refractivity contribution < 1.29 is 9.18 Å². The van der Waals surface area contributed by atoms with Crippen LogP contribution in [-0.4, -0.2) is 28.8 Å². The first kappa shape index (κ1) is 18.5. The van der Waals surface area contributed by atoms with Crippen LogP contribution in [0.25, 0.3) is 11.1 Å². The molecule has 0 spiro atoms. The normalized spacial score (nSPS) is 17.4. The van der Waals surface area contributed by atoms with Crippen molar-refractivity contribution >= 4 is 5.78 Å². The molecule has 0 aliphatic carbocycles. The summed E-state index contributed by atoms with van der Waals surface area (Å²) in [5.41, 5.74) is 2.96. The van der Waals surface area contributed by atoms with Crippen molar-refractivity contribution in [3.63, 3.8) is 0 Å². The van der Waals surface area contributed by atoms with E-state index in [9.17, 15) is 9.18 Å². The number of carbonyl (C=O) groups is 1. The maximum absolute atomic E-state index is 14.7. The van der Waals surface area contributed by atoms with Crippen LogP contribution in [0.3, 0.4) is 0 Å². The van der Waals surface area contributed by atoms with E-state index in [1.807, 2.05) is 42.6 Å². The van der Waals surface area contributed by atoms with E-state index >= 15 is 0 Å². The molecular formula is C24H23FN2O. The molecule has 1 saturated heterocycles. The highest BCUT2D eigenvalue weighted by atomic mass is 19.1. The number of pyridine rings is 1. The van der Waals surface area contributed by atoms with Crippen molar-refractivity contribution in [3.05, 3.63) is 90.0 Å². The second-order valence-electron chi connectivity index (χ2n) is 7.36. The van der Waals surface area contributed by atoms with Gasteiger partial charge in [-0.25, -0.2) is 4.39 Å². The number of Topliss-reactive ketones (excluding diaryl/α,β-unsaturated/α-hetero) is 1. The number of halogens is 1. The van der Waals surface area contributed by atoms with Crippen LogP contribution in [0.1, 0.15) is 28.8 Å². The lowest BCUT2D eigenvalue weighted by Gasteiger charge is -2.32. The van der Waals surface area contributed by atoms with Crippen molar-refractivity contribution in [2.24, 2.45) is 5.92 Å². The van der Waals surface area contributed by atoms with Crippen LogP contribution in [0.15, 0.2) is 73.1 Å².